The van der Waals surface area contributed by atoms with Gasteiger partial charge >= 0.3 is 12.0 Å². The number of carbonyl (C=O) groups is 2. The minimum atomic E-state index is -1.04. The second-order valence-corrected chi connectivity index (χ2v) is 4.55. The van der Waals surface area contributed by atoms with Gasteiger partial charge in [-0.15, -0.1) is 0 Å². The van der Waals surface area contributed by atoms with Gasteiger partial charge in [0.25, 0.3) is 0 Å². The molecule has 0 radical (unpaired) electrons. The SMILES string of the molecule is CC(C)CCC(C)NC(=O)N[C@@H](C)C(=O)O. The van der Waals surface area contributed by atoms with Crippen LogP contribution in [0.5, 0.6) is 0 Å². The van der Waals surface area contributed by atoms with E-state index in [1.807, 2.05) is 6.92 Å². The number of carboxylic acids is 1. The summed E-state index contributed by atoms with van der Waals surface area (Å²) in [5.41, 5.74) is 0. The lowest BCUT2D eigenvalue weighted by Gasteiger charge is -2.17. The van der Waals surface area contributed by atoms with Gasteiger partial charge < -0.3 is 15.7 Å². The van der Waals surface area contributed by atoms with E-state index >= 15 is 0 Å². The molecule has 3 N–H and O–H groups in total. The number of carboxylic acid groups (broad SMARTS) is 1. The Morgan fingerprint density at radius 2 is 1.62 bits per heavy atom. The lowest BCUT2D eigenvalue weighted by Crippen LogP contribution is -2.47. The van der Waals surface area contributed by atoms with Gasteiger partial charge in [0, 0.05) is 6.04 Å². The molecule has 1 unspecified atom stereocenters. The van der Waals surface area contributed by atoms with E-state index < -0.39 is 18.0 Å². The molecule has 16 heavy (non-hydrogen) atoms. The predicted octanol–water partition coefficient (Wildman–Crippen LogP) is 1.58. The number of urea groups is 1. The van der Waals surface area contributed by atoms with Gasteiger partial charge in [-0.25, -0.2) is 4.79 Å². The smallest absolute Gasteiger partial charge is 0.325 e. The normalized spacial score (nSPS) is 14.3. The zero-order chi connectivity index (χ0) is 12.7. The maximum atomic E-state index is 11.3. The summed E-state index contributed by atoms with van der Waals surface area (Å²) in [4.78, 5) is 21.8. The number of hydrogen-bond donors (Lipinski definition) is 3. The second-order valence-electron chi connectivity index (χ2n) is 4.55. The number of carbonyl (C=O) groups excluding carboxylic acids is 1. The van der Waals surface area contributed by atoms with Crippen molar-refractivity contribution >= 4 is 12.0 Å². The van der Waals surface area contributed by atoms with Gasteiger partial charge in [-0.05, 0) is 32.6 Å². The van der Waals surface area contributed by atoms with Gasteiger partial charge in [0.05, 0.1) is 0 Å². The Balaban J connectivity index is 3.82. The standard InChI is InChI=1S/C11H22N2O3/c1-7(2)5-6-8(3)12-11(16)13-9(4)10(14)15/h7-9H,5-6H2,1-4H3,(H,14,15)(H2,12,13,16)/t8?,9-/m0/s1. The third-order valence-corrected chi connectivity index (χ3v) is 2.27. The first-order valence-electron chi connectivity index (χ1n) is 5.62. The molecule has 2 amide bonds. The van der Waals surface area contributed by atoms with Crippen molar-refractivity contribution in [1.82, 2.24) is 10.6 Å². The second kappa shape index (κ2) is 7.09. The Morgan fingerprint density at radius 1 is 1.06 bits per heavy atom. The number of rotatable bonds is 6. The van der Waals surface area contributed by atoms with Crippen LogP contribution in [0.4, 0.5) is 4.79 Å². The van der Waals surface area contributed by atoms with E-state index in [1.165, 1.54) is 6.92 Å². The maximum Gasteiger partial charge on any atom is 0.325 e. The topological polar surface area (TPSA) is 78.4 Å². The zero-order valence-corrected chi connectivity index (χ0v) is 10.4. The van der Waals surface area contributed by atoms with E-state index in [1.54, 1.807) is 0 Å². The molecule has 0 aromatic heterocycles. The molecule has 0 aliphatic heterocycles. The van der Waals surface area contributed by atoms with Crippen molar-refractivity contribution in [3.05, 3.63) is 0 Å². The molecule has 94 valence electrons. The Kier molecular flexibility index (Phi) is 6.53. The quantitative estimate of drug-likeness (QED) is 0.648. The van der Waals surface area contributed by atoms with Crippen LogP contribution in [0.25, 0.3) is 0 Å². The highest BCUT2D eigenvalue weighted by atomic mass is 16.4. The Bertz CT molecular complexity index is 241. The van der Waals surface area contributed by atoms with E-state index in [9.17, 15) is 9.59 Å². The molecule has 0 aromatic carbocycles. The highest BCUT2D eigenvalue weighted by Gasteiger charge is 2.15. The van der Waals surface area contributed by atoms with E-state index in [4.69, 9.17) is 5.11 Å². The van der Waals surface area contributed by atoms with E-state index in [2.05, 4.69) is 24.5 Å². The van der Waals surface area contributed by atoms with Crippen LogP contribution >= 0.6 is 0 Å². The van der Waals surface area contributed by atoms with Crippen LogP contribution in [-0.4, -0.2) is 29.2 Å². The molecule has 0 heterocycles. The molecular formula is C11H22N2O3. The lowest BCUT2D eigenvalue weighted by atomic mass is 10.0. The van der Waals surface area contributed by atoms with Crippen LogP contribution in [-0.2, 0) is 4.79 Å². The van der Waals surface area contributed by atoms with E-state index in [0.29, 0.717) is 5.92 Å². The summed E-state index contributed by atoms with van der Waals surface area (Å²) in [7, 11) is 0. The first-order valence-corrected chi connectivity index (χ1v) is 5.62. The molecule has 0 fully saturated rings. The largest absolute Gasteiger partial charge is 0.480 e. The minimum Gasteiger partial charge on any atom is -0.480 e. The summed E-state index contributed by atoms with van der Waals surface area (Å²) in [6.45, 7) is 7.59. The molecule has 2 atom stereocenters. The van der Waals surface area contributed by atoms with Crippen molar-refractivity contribution in [2.24, 2.45) is 5.92 Å². The third-order valence-electron chi connectivity index (χ3n) is 2.27. The monoisotopic (exact) mass is 230 g/mol. The molecular weight excluding hydrogens is 208 g/mol. The van der Waals surface area contributed by atoms with Crippen LogP contribution in [0, 0.1) is 5.92 Å². The Morgan fingerprint density at radius 3 is 2.06 bits per heavy atom. The molecule has 5 heteroatoms. The Labute approximate surface area is 96.6 Å². The summed E-state index contributed by atoms with van der Waals surface area (Å²) in [6, 6.07) is -1.23. The molecule has 0 aliphatic rings. The summed E-state index contributed by atoms with van der Waals surface area (Å²) in [5, 5.41) is 13.7. The van der Waals surface area contributed by atoms with Crippen molar-refractivity contribution < 1.29 is 14.7 Å². The average molecular weight is 230 g/mol. The minimum absolute atomic E-state index is 0.0587. The van der Waals surface area contributed by atoms with Crippen LogP contribution < -0.4 is 10.6 Å². The molecule has 0 saturated heterocycles. The van der Waals surface area contributed by atoms with Gasteiger partial charge in [0.15, 0.2) is 0 Å². The highest BCUT2D eigenvalue weighted by Crippen LogP contribution is 2.06. The van der Waals surface area contributed by atoms with Crippen LogP contribution in [0.3, 0.4) is 0 Å². The van der Waals surface area contributed by atoms with Crippen molar-refractivity contribution in [2.75, 3.05) is 0 Å². The third kappa shape index (κ3) is 7.09. The summed E-state index contributed by atoms with van der Waals surface area (Å²) in [6.07, 6.45) is 1.93. The van der Waals surface area contributed by atoms with E-state index in [0.717, 1.165) is 12.8 Å². The average Bonchev–Trinajstić information content (AvgIpc) is 2.14. The first-order chi connectivity index (χ1) is 7.32. The van der Waals surface area contributed by atoms with Crippen molar-refractivity contribution in [2.45, 2.75) is 52.6 Å². The fraction of sp³-hybridized carbons (Fsp3) is 0.818. The molecule has 0 aliphatic carbocycles. The summed E-state index contributed by atoms with van der Waals surface area (Å²) in [5.74, 6) is -0.435. The van der Waals surface area contributed by atoms with E-state index in [-0.39, 0.29) is 6.04 Å². The Hall–Kier alpha value is -1.26. The molecule has 0 aromatic rings. The van der Waals surface area contributed by atoms with Gasteiger partial charge in [-0.1, -0.05) is 13.8 Å². The van der Waals surface area contributed by atoms with Gasteiger partial charge in [0.1, 0.15) is 6.04 Å². The number of aliphatic carboxylic acids is 1. The fourth-order valence-corrected chi connectivity index (χ4v) is 1.18. The van der Waals surface area contributed by atoms with Crippen LogP contribution in [0.2, 0.25) is 0 Å². The van der Waals surface area contributed by atoms with Gasteiger partial charge in [-0.2, -0.15) is 0 Å². The summed E-state index contributed by atoms with van der Waals surface area (Å²) >= 11 is 0. The van der Waals surface area contributed by atoms with Crippen molar-refractivity contribution in [3.63, 3.8) is 0 Å². The maximum absolute atomic E-state index is 11.3. The number of hydrogen-bond acceptors (Lipinski definition) is 2. The number of nitrogens with one attached hydrogen (secondary N) is 2. The molecule has 0 rings (SSSR count). The molecule has 0 saturated carbocycles. The van der Waals surface area contributed by atoms with Crippen molar-refractivity contribution in [3.8, 4) is 0 Å². The number of amides is 2. The lowest BCUT2D eigenvalue weighted by molar-refractivity contribution is -0.138. The summed E-state index contributed by atoms with van der Waals surface area (Å²) < 4.78 is 0. The van der Waals surface area contributed by atoms with Crippen LogP contribution in [0.15, 0.2) is 0 Å². The van der Waals surface area contributed by atoms with Crippen molar-refractivity contribution in [1.29, 1.82) is 0 Å². The fourth-order valence-electron chi connectivity index (χ4n) is 1.18. The molecule has 0 spiro atoms. The molecule has 0 bridgehead atoms. The highest BCUT2D eigenvalue weighted by molar-refractivity contribution is 5.82. The van der Waals surface area contributed by atoms with Gasteiger partial charge in [-0.3, -0.25) is 4.79 Å². The molecule has 5 nitrogen and oxygen atoms in total. The zero-order valence-electron chi connectivity index (χ0n) is 10.4. The van der Waals surface area contributed by atoms with Crippen LogP contribution in [0.1, 0.15) is 40.5 Å². The van der Waals surface area contributed by atoms with Gasteiger partial charge in [0.2, 0.25) is 0 Å². The predicted molar refractivity (Wildman–Crippen MR) is 62.3 cm³/mol. The first kappa shape index (κ1) is 14.7.